The summed E-state index contributed by atoms with van der Waals surface area (Å²) in [7, 11) is 0. The van der Waals surface area contributed by atoms with Crippen LogP contribution in [0.25, 0.3) is 0 Å². The third-order valence-electron chi connectivity index (χ3n) is 4.44. The monoisotopic (exact) mass is 383 g/mol. The second-order valence-corrected chi connectivity index (χ2v) is 7.49. The van der Waals surface area contributed by atoms with E-state index in [1.807, 2.05) is 13.8 Å². The number of rotatable bonds is 12. The topological polar surface area (TPSA) is 147 Å². The average molecular weight is 383 g/mol. The van der Waals surface area contributed by atoms with Gasteiger partial charge in [-0.05, 0) is 52.5 Å². The predicted octanol–water partition coefficient (Wildman–Crippen LogP) is 1.86. The van der Waals surface area contributed by atoms with Gasteiger partial charge in [0, 0.05) is 18.3 Å². The number of aromatic nitrogens is 2. The number of imidazole rings is 1. The molecule has 2 unspecified atom stereocenters. The van der Waals surface area contributed by atoms with Gasteiger partial charge >= 0.3 is 5.95 Å². The first-order chi connectivity index (χ1) is 12.6. The van der Waals surface area contributed by atoms with Gasteiger partial charge in [-0.2, -0.15) is 10.4 Å². The molecule has 1 heterocycles. The van der Waals surface area contributed by atoms with Crippen molar-refractivity contribution in [1.29, 1.82) is 0 Å². The number of nitro groups is 1. The van der Waals surface area contributed by atoms with E-state index in [0.717, 1.165) is 6.42 Å². The summed E-state index contributed by atoms with van der Waals surface area (Å²) in [6.07, 6.45) is 5.15. The molecule has 0 bridgehead atoms. The lowest BCUT2D eigenvalue weighted by atomic mass is 9.81. The molecule has 0 aliphatic rings. The molecule has 11 heteroatoms. The summed E-state index contributed by atoms with van der Waals surface area (Å²) >= 11 is 0. The molecule has 0 saturated carbocycles. The van der Waals surface area contributed by atoms with Gasteiger partial charge in [0.15, 0.2) is 0 Å². The maximum Gasteiger partial charge on any atom is 0.435 e. The van der Waals surface area contributed by atoms with Crippen LogP contribution in [-0.2, 0) is 5.54 Å². The summed E-state index contributed by atoms with van der Waals surface area (Å²) in [5.74, 6) is -0.328. The molecular formula is C16H29N7O4. The fourth-order valence-electron chi connectivity index (χ4n) is 3.10. The Morgan fingerprint density at radius 3 is 2.67 bits per heavy atom. The van der Waals surface area contributed by atoms with Crippen molar-refractivity contribution in [2.24, 2.45) is 10.2 Å². The molecule has 0 radical (unpaired) electrons. The van der Waals surface area contributed by atoms with E-state index in [0.29, 0.717) is 13.1 Å². The van der Waals surface area contributed by atoms with E-state index in [4.69, 9.17) is 5.21 Å². The van der Waals surface area contributed by atoms with Crippen LogP contribution < -0.4 is 10.8 Å². The Morgan fingerprint density at radius 2 is 2.11 bits per heavy atom. The molecule has 27 heavy (non-hydrogen) atoms. The molecule has 0 saturated heterocycles. The van der Waals surface area contributed by atoms with Crippen molar-refractivity contribution in [3.05, 3.63) is 27.4 Å². The summed E-state index contributed by atoms with van der Waals surface area (Å²) in [5, 5.41) is 26.5. The fourth-order valence-corrected chi connectivity index (χ4v) is 3.10. The zero-order valence-corrected chi connectivity index (χ0v) is 16.4. The summed E-state index contributed by atoms with van der Waals surface area (Å²) in [5.41, 5.74) is 0.402. The molecule has 1 rings (SSSR count). The van der Waals surface area contributed by atoms with Crippen molar-refractivity contribution >= 4 is 12.2 Å². The van der Waals surface area contributed by atoms with Crippen LogP contribution >= 0.6 is 0 Å². The standard InChI is InChI=1S/C16H29N7O4/c1-12(20-24)11-17-7-6-8-19-15(2,3)13(21-25)16(4,5)22-10-9-18-14(22)23(26)27/h9-13,19-20,24H,6-8H2,1-5H3. The maximum absolute atomic E-state index is 11.7. The highest BCUT2D eigenvalue weighted by Crippen LogP contribution is 2.33. The maximum atomic E-state index is 11.7. The Kier molecular flexibility index (Phi) is 8.13. The number of nitrogens with zero attached hydrogens (tertiary/aromatic N) is 5. The Morgan fingerprint density at radius 1 is 1.44 bits per heavy atom. The van der Waals surface area contributed by atoms with Gasteiger partial charge in [0.1, 0.15) is 24.0 Å². The highest BCUT2D eigenvalue weighted by atomic mass is 16.6. The van der Waals surface area contributed by atoms with Crippen molar-refractivity contribution in [3.8, 4) is 0 Å². The van der Waals surface area contributed by atoms with Crippen molar-refractivity contribution in [2.45, 2.75) is 64.2 Å². The molecule has 1 aromatic heterocycles. The van der Waals surface area contributed by atoms with Crippen LogP contribution in [0.3, 0.4) is 0 Å². The second-order valence-electron chi connectivity index (χ2n) is 7.49. The van der Waals surface area contributed by atoms with Crippen molar-refractivity contribution < 1.29 is 10.1 Å². The Balaban J connectivity index is 2.80. The molecule has 0 aliphatic carbocycles. The Hall–Kier alpha value is -2.24. The first-order valence-electron chi connectivity index (χ1n) is 8.73. The molecule has 0 spiro atoms. The molecule has 152 valence electrons. The number of hydrogen-bond donors (Lipinski definition) is 3. The molecule has 0 amide bonds. The number of nitrogens with one attached hydrogen (secondary N) is 2. The Labute approximate surface area is 158 Å². The van der Waals surface area contributed by atoms with E-state index in [1.54, 1.807) is 27.0 Å². The van der Waals surface area contributed by atoms with Gasteiger partial charge in [-0.25, -0.2) is 4.57 Å². The van der Waals surface area contributed by atoms with Crippen LogP contribution in [0.15, 0.2) is 22.6 Å². The quantitative estimate of drug-likeness (QED) is 0.164. The number of hydrogen-bond acceptors (Lipinski definition) is 9. The summed E-state index contributed by atoms with van der Waals surface area (Å²) < 4.78 is 1.37. The molecule has 3 N–H and O–H groups in total. The Bertz CT molecular complexity index is 657. The van der Waals surface area contributed by atoms with E-state index >= 15 is 0 Å². The zero-order chi connectivity index (χ0) is 20.7. The van der Waals surface area contributed by atoms with Crippen LogP contribution in [0.5, 0.6) is 0 Å². The minimum atomic E-state index is -0.961. The predicted molar refractivity (Wildman–Crippen MR) is 102 cm³/mol. The first-order valence-corrected chi connectivity index (χ1v) is 8.73. The highest BCUT2D eigenvalue weighted by molar-refractivity contribution is 5.63. The lowest BCUT2D eigenvalue weighted by Crippen LogP contribution is -2.58. The molecule has 2 atom stereocenters. The van der Waals surface area contributed by atoms with E-state index < -0.39 is 22.0 Å². The summed E-state index contributed by atoms with van der Waals surface area (Å²) in [6, 6.07) is -1.01. The third kappa shape index (κ3) is 5.88. The van der Waals surface area contributed by atoms with Gasteiger partial charge in [0.2, 0.25) is 0 Å². The van der Waals surface area contributed by atoms with Gasteiger partial charge in [0.25, 0.3) is 0 Å². The smallest absolute Gasteiger partial charge is 0.390 e. The van der Waals surface area contributed by atoms with Gasteiger partial charge < -0.3 is 20.6 Å². The van der Waals surface area contributed by atoms with E-state index in [1.165, 1.54) is 17.0 Å². The number of hydroxylamine groups is 1. The minimum Gasteiger partial charge on any atom is -0.390 e. The summed E-state index contributed by atoms with van der Waals surface area (Å²) in [6.45, 7) is 10.0. The number of nitroso groups, excluding NO2 is 1. The van der Waals surface area contributed by atoms with Crippen LogP contribution in [0.4, 0.5) is 5.95 Å². The van der Waals surface area contributed by atoms with Crippen molar-refractivity contribution in [3.63, 3.8) is 0 Å². The molecule has 11 nitrogen and oxygen atoms in total. The molecule has 0 fully saturated rings. The lowest BCUT2D eigenvalue weighted by molar-refractivity contribution is -0.398. The zero-order valence-electron chi connectivity index (χ0n) is 16.4. The van der Waals surface area contributed by atoms with E-state index in [9.17, 15) is 15.0 Å². The minimum absolute atomic E-state index is 0.218. The van der Waals surface area contributed by atoms with Crippen molar-refractivity contribution in [1.82, 2.24) is 20.3 Å². The van der Waals surface area contributed by atoms with Crippen LogP contribution in [0.2, 0.25) is 0 Å². The number of aliphatic imine (C=N–C) groups is 1. The van der Waals surface area contributed by atoms with E-state index in [-0.39, 0.29) is 12.0 Å². The van der Waals surface area contributed by atoms with Gasteiger partial charge in [-0.3, -0.25) is 4.99 Å². The van der Waals surface area contributed by atoms with Crippen LogP contribution in [-0.4, -0.2) is 56.6 Å². The lowest BCUT2D eigenvalue weighted by Gasteiger charge is -2.39. The first kappa shape index (κ1) is 22.8. The van der Waals surface area contributed by atoms with Crippen LogP contribution in [0, 0.1) is 15.0 Å². The molecular weight excluding hydrogens is 354 g/mol. The van der Waals surface area contributed by atoms with Gasteiger partial charge in [-0.15, -0.1) is 0 Å². The highest BCUT2D eigenvalue weighted by Gasteiger charge is 2.47. The largest absolute Gasteiger partial charge is 0.435 e. The fraction of sp³-hybridized carbons (Fsp3) is 0.750. The van der Waals surface area contributed by atoms with E-state index in [2.05, 4.69) is 26.0 Å². The van der Waals surface area contributed by atoms with Crippen LogP contribution in [0.1, 0.15) is 41.0 Å². The van der Waals surface area contributed by atoms with Gasteiger partial charge in [0.05, 0.1) is 6.04 Å². The average Bonchev–Trinajstić information content (AvgIpc) is 3.08. The van der Waals surface area contributed by atoms with Crippen molar-refractivity contribution in [2.75, 3.05) is 13.1 Å². The molecule has 0 aliphatic heterocycles. The second kappa shape index (κ2) is 9.62. The molecule has 1 aromatic rings. The normalized spacial score (nSPS) is 15.0. The SMILES string of the molecule is CC(C=NCCCNC(C)(C)C(N=O)C(C)(C)n1ccnc1[N+](=O)[O-])NO. The molecule has 0 aromatic carbocycles. The summed E-state index contributed by atoms with van der Waals surface area (Å²) in [4.78, 5) is 30.2. The van der Waals surface area contributed by atoms with Gasteiger partial charge in [-0.1, -0.05) is 10.2 Å². The third-order valence-corrected chi connectivity index (χ3v) is 4.44.